The molecule has 26 heteroatoms. The Morgan fingerprint density at radius 3 is 2.14 bits per heavy atom. The predicted octanol–water partition coefficient (Wildman–Crippen LogP) is 3.73. The van der Waals surface area contributed by atoms with Gasteiger partial charge in [0.1, 0.15) is 24.4 Å². The zero-order valence-electron chi connectivity index (χ0n) is 46.2. The van der Waals surface area contributed by atoms with Gasteiger partial charge < -0.3 is 74.6 Å². The largest absolute Gasteiger partial charge is 0.474 e. The van der Waals surface area contributed by atoms with Gasteiger partial charge in [-0.3, -0.25) is 19.2 Å². The molecule has 0 saturated heterocycles. The molecule has 5 amide bonds. The molecule has 0 radical (unpaired) electrons. The quantitative estimate of drug-likeness (QED) is 0.0112. The van der Waals surface area contributed by atoms with Gasteiger partial charge in [-0.15, -0.1) is 0 Å². The minimum Gasteiger partial charge on any atom is -0.474 e. The number of fused-ring (bicyclic) bond motifs is 5. The highest BCUT2D eigenvalue weighted by Gasteiger charge is 2.45. The van der Waals surface area contributed by atoms with Crippen LogP contribution in [0, 0.1) is 5.92 Å². The predicted molar refractivity (Wildman–Crippen MR) is 293 cm³/mol. The molecule has 4 heterocycles. The van der Waals surface area contributed by atoms with Crippen molar-refractivity contribution in [3.63, 3.8) is 0 Å². The van der Waals surface area contributed by atoms with E-state index in [0.717, 1.165) is 16.5 Å². The Bertz CT molecular complexity index is 2970. The van der Waals surface area contributed by atoms with Crippen LogP contribution in [0.1, 0.15) is 87.3 Å². The van der Waals surface area contributed by atoms with E-state index < -0.39 is 59.5 Å². The van der Waals surface area contributed by atoms with Crippen molar-refractivity contribution in [2.75, 3.05) is 91.6 Å². The van der Waals surface area contributed by atoms with Crippen LogP contribution in [0.2, 0.25) is 0 Å². The van der Waals surface area contributed by atoms with E-state index in [1.165, 1.54) is 7.11 Å². The molecule has 0 bridgehead atoms. The number of esters is 2. The fourth-order valence-electron chi connectivity index (χ4n) is 9.21. The van der Waals surface area contributed by atoms with Crippen molar-refractivity contribution in [2.24, 2.45) is 16.8 Å². The molecule has 4 atom stereocenters. The maximum Gasteiger partial charge on any atom is 0.351 e. The number of hydrogen-bond donors (Lipinski definition) is 6. The Hall–Kier alpha value is -7.71. The highest BCUT2D eigenvalue weighted by molar-refractivity contribution is 5.98. The van der Waals surface area contributed by atoms with Crippen LogP contribution in [0.4, 0.5) is 10.5 Å². The molecule has 3 unspecified atom stereocenters. The molecule has 6 rings (SSSR count). The number of aryl methyl sites for hydroxylation is 1. The average molecular weight is 1130 g/mol. The first-order chi connectivity index (χ1) is 39.0. The fraction of sp³-hybridized carbons (Fsp3) is 0.527. The molecule has 7 N–H and O–H groups in total. The van der Waals surface area contributed by atoms with E-state index in [9.17, 15) is 38.7 Å². The first kappa shape index (κ1) is 62.5. The fourth-order valence-corrected chi connectivity index (χ4v) is 9.21. The van der Waals surface area contributed by atoms with Gasteiger partial charge in [0.2, 0.25) is 23.8 Å². The summed E-state index contributed by atoms with van der Waals surface area (Å²) in [7, 11) is 1.23. The summed E-state index contributed by atoms with van der Waals surface area (Å²) < 4.78 is 45.4. The van der Waals surface area contributed by atoms with Gasteiger partial charge in [-0.2, -0.15) is 0 Å². The summed E-state index contributed by atoms with van der Waals surface area (Å²) >= 11 is 0. The van der Waals surface area contributed by atoms with Crippen LogP contribution in [0.5, 0.6) is 5.75 Å². The van der Waals surface area contributed by atoms with Crippen LogP contribution in [0.3, 0.4) is 0 Å². The number of cyclic esters (lactones) is 1. The van der Waals surface area contributed by atoms with Crippen molar-refractivity contribution in [3.8, 4) is 17.1 Å². The third kappa shape index (κ3) is 16.7. The number of amides is 5. The lowest BCUT2D eigenvalue weighted by Crippen LogP contribution is -2.54. The minimum absolute atomic E-state index is 0.0150. The number of carbonyl (C=O) groups is 6. The molecule has 2 aromatic heterocycles. The molecule has 0 saturated carbocycles. The molecule has 0 spiro atoms. The van der Waals surface area contributed by atoms with E-state index in [4.69, 9.17) is 54.1 Å². The molecule has 81 heavy (non-hydrogen) atoms. The van der Waals surface area contributed by atoms with Crippen molar-refractivity contribution in [2.45, 2.75) is 96.7 Å². The van der Waals surface area contributed by atoms with E-state index in [-0.39, 0.29) is 94.3 Å². The molecule has 2 aromatic carbocycles. The summed E-state index contributed by atoms with van der Waals surface area (Å²) in [5, 5.41) is 26.2. The standard InChI is InChI=1S/C55H72N10O16/c1-6-37-38-29-36(14-15-42(38)61-47-39(37)31-65-44(47)30-41-40(51(65)69)32-80-53(71)55(41,73)7-2)81-48(52(70)74-5)34-10-12-35(13-11-34)60-49(67)43(9-8-17-58-54(56)72)62-50(68)46(33(3)4)63-45(66)16-19-75-21-23-77-25-27-79-28-26-78-24-22-76-20-18-59-64-57/h10-15,29-30,33,43,46,48,73H,6-9,16-28,31-32H2,1-5H3,(H,60,67)(H,62,68)(H,63,66)(H3,56,58,72)/t43?,46?,48?,55-/m0/s1. The number of benzene rings is 2. The number of anilines is 1. The number of aromatic nitrogens is 2. The third-order valence-corrected chi connectivity index (χ3v) is 13.5. The van der Waals surface area contributed by atoms with E-state index in [0.29, 0.717) is 86.6 Å². The number of primary amides is 1. The van der Waals surface area contributed by atoms with Gasteiger partial charge in [0.25, 0.3) is 5.56 Å². The van der Waals surface area contributed by atoms with Crippen molar-refractivity contribution in [3.05, 3.63) is 97.1 Å². The first-order valence-electron chi connectivity index (χ1n) is 26.9. The second kappa shape index (κ2) is 30.8. The number of nitrogens with two attached hydrogens (primary N) is 1. The monoisotopic (exact) mass is 1130 g/mol. The van der Waals surface area contributed by atoms with Crippen molar-refractivity contribution >= 4 is 52.3 Å². The number of nitrogens with one attached hydrogen (secondary N) is 4. The molecular formula is C55H72N10O16. The number of hydrogen-bond acceptors (Lipinski definition) is 18. The SMILES string of the molecule is CCc1c2c(nc3ccc(OC(C(=O)OC)c4ccc(NC(=O)C(CCCNC(N)=O)NC(=O)C(NC(=O)CCOCCOCCOCCOCCOCCN=[N+]=[N-])C(C)C)cc4)cc13)-c1cc3c(c(=O)n1C2)COC(=O)[C@]3(O)CC. The Balaban J connectivity index is 1.03. The first-order valence-corrected chi connectivity index (χ1v) is 26.9. The summed E-state index contributed by atoms with van der Waals surface area (Å²) in [6.07, 6.45) is -0.407. The molecule has 0 aliphatic carbocycles. The lowest BCUT2D eigenvalue weighted by molar-refractivity contribution is -0.172. The number of aliphatic hydroxyl groups is 1. The molecule has 0 fully saturated rings. The van der Waals surface area contributed by atoms with Crippen molar-refractivity contribution in [1.29, 1.82) is 0 Å². The molecular weight excluding hydrogens is 1060 g/mol. The van der Waals surface area contributed by atoms with Crippen LogP contribution in [-0.2, 0) is 82.3 Å². The number of urea groups is 1. The lowest BCUT2D eigenvalue weighted by Gasteiger charge is -2.31. The maximum absolute atomic E-state index is 13.9. The topological polar surface area (TPSA) is 354 Å². The van der Waals surface area contributed by atoms with Gasteiger partial charge in [-0.05, 0) is 79.1 Å². The summed E-state index contributed by atoms with van der Waals surface area (Å²) in [6.45, 7) is 10.6. The highest BCUT2D eigenvalue weighted by atomic mass is 16.6. The second-order valence-electron chi connectivity index (χ2n) is 19.2. The van der Waals surface area contributed by atoms with Crippen LogP contribution < -0.4 is 37.3 Å². The summed E-state index contributed by atoms with van der Waals surface area (Å²) in [4.78, 5) is 99.5. The smallest absolute Gasteiger partial charge is 0.351 e. The van der Waals surface area contributed by atoms with Crippen molar-refractivity contribution < 1.29 is 71.8 Å². The van der Waals surface area contributed by atoms with Crippen LogP contribution >= 0.6 is 0 Å². The zero-order chi connectivity index (χ0) is 58.5. The summed E-state index contributed by atoms with van der Waals surface area (Å²) in [6, 6.07) is 10.2. The maximum atomic E-state index is 13.9. The van der Waals surface area contributed by atoms with Crippen LogP contribution in [-0.4, -0.2) is 149 Å². The van der Waals surface area contributed by atoms with Gasteiger partial charge >= 0.3 is 18.0 Å². The van der Waals surface area contributed by atoms with Gasteiger partial charge in [-0.1, -0.05) is 44.9 Å². The molecule has 26 nitrogen and oxygen atoms in total. The molecule has 2 aliphatic heterocycles. The van der Waals surface area contributed by atoms with E-state index >= 15 is 0 Å². The Labute approximate surface area is 467 Å². The number of azide groups is 1. The number of rotatable bonds is 34. The Kier molecular flexibility index (Phi) is 23.7. The molecule has 2 aliphatic rings. The second-order valence-corrected chi connectivity index (χ2v) is 19.2. The number of ether oxygens (including phenoxy) is 8. The zero-order valence-corrected chi connectivity index (χ0v) is 46.2. The average Bonchev–Trinajstić information content (AvgIpc) is 3.89. The van der Waals surface area contributed by atoms with E-state index in [1.54, 1.807) is 73.9 Å². The highest BCUT2D eigenvalue weighted by Crippen LogP contribution is 2.41. The minimum atomic E-state index is -1.97. The van der Waals surface area contributed by atoms with Gasteiger partial charge in [-0.25, -0.2) is 19.4 Å². The third-order valence-electron chi connectivity index (χ3n) is 13.5. The Morgan fingerprint density at radius 1 is 0.877 bits per heavy atom. The van der Waals surface area contributed by atoms with Crippen molar-refractivity contribution in [1.82, 2.24) is 25.5 Å². The van der Waals surface area contributed by atoms with Gasteiger partial charge in [0, 0.05) is 52.2 Å². The Morgan fingerprint density at radius 2 is 1.53 bits per heavy atom. The number of nitrogens with zero attached hydrogens (tertiary/aromatic N) is 5. The molecule has 4 aromatic rings. The summed E-state index contributed by atoms with van der Waals surface area (Å²) in [5.41, 5.74) is 15.6. The van der Waals surface area contributed by atoms with Gasteiger partial charge in [0.15, 0.2) is 5.60 Å². The van der Waals surface area contributed by atoms with Crippen LogP contribution in [0.25, 0.3) is 32.7 Å². The molecule has 438 valence electrons. The van der Waals surface area contributed by atoms with E-state index in [2.05, 4.69) is 31.3 Å². The van der Waals surface area contributed by atoms with Gasteiger partial charge in [0.05, 0.1) is 102 Å². The normalized spacial score (nSPS) is 15.3. The summed E-state index contributed by atoms with van der Waals surface area (Å²) in [5.74, 6) is -3.23. The lowest BCUT2D eigenvalue weighted by atomic mass is 9.86. The number of carbonyl (C=O) groups excluding carboxylic acids is 6. The van der Waals surface area contributed by atoms with Crippen LogP contribution in [0.15, 0.2) is 58.4 Å². The number of pyridine rings is 2. The van der Waals surface area contributed by atoms with E-state index in [1.807, 2.05) is 6.92 Å². The number of methoxy groups -OCH3 is 1.